The van der Waals surface area contributed by atoms with Crippen LogP contribution in [-0.2, 0) is 4.89 Å². The van der Waals surface area contributed by atoms with Crippen molar-refractivity contribution < 1.29 is 23.3 Å². The van der Waals surface area contributed by atoms with Crippen LogP contribution < -0.4 is 0 Å². The Morgan fingerprint density at radius 3 is 2.04 bits per heavy atom. The van der Waals surface area contributed by atoms with Crippen molar-refractivity contribution in [1.82, 2.24) is 0 Å². The number of benzene rings is 1. The Bertz CT molecular complexity index is 553. The molecule has 0 bridgehead atoms. The Morgan fingerprint density at radius 2 is 1.52 bits per heavy atom. The van der Waals surface area contributed by atoms with Crippen LogP contribution in [0.2, 0.25) is 0 Å². The van der Waals surface area contributed by atoms with E-state index in [0.717, 1.165) is 43.7 Å². The summed E-state index contributed by atoms with van der Waals surface area (Å²) in [5.41, 5.74) is 0.154. The minimum atomic E-state index is -1.49. The van der Waals surface area contributed by atoms with Gasteiger partial charge in [-0.15, -0.1) is 0 Å². The van der Waals surface area contributed by atoms with Crippen molar-refractivity contribution in [3.63, 3.8) is 0 Å². The van der Waals surface area contributed by atoms with Crippen LogP contribution in [0.4, 0.5) is 13.2 Å². The number of halogens is 3. The van der Waals surface area contributed by atoms with Crippen molar-refractivity contribution in [2.75, 3.05) is 0 Å². The molecule has 0 aromatic heterocycles. The van der Waals surface area contributed by atoms with Crippen molar-refractivity contribution in [2.45, 2.75) is 64.4 Å². The molecule has 2 aliphatic rings. The molecule has 2 nitrogen and oxygen atoms in total. The average molecular weight is 355 g/mol. The molecule has 1 N–H and O–H groups in total. The maximum atomic E-state index is 13.5. The minimum Gasteiger partial charge on any atom is -0.251 e. The maximum absolute atomic E-state index is 13.5. The second-order valence-corrected chi connectivity index (χ2v) is 7.78. The van der Waals surface area contributed by atoms with E-state index in [-0.39, 0.29) is 11.5 Å². The molecule has 1 aromatic rings. The first kappa shape index (κ1) is 18.7. The molecule has 2 fully saturated rings. The summed E-state index contributed by atoms with van der Waals surface area (Å²) in [5.74, 6) is -0.923. The van der Waals surface area contributed by atoms with E-state index in [0.29, 0.717) is 5.92 Å². The lowest BCUT2D eigenvalue weighted by Gasteiger charge is -2.38. The highest BCUT2D eigenvalue weighted by Crippen LogP contribution is 2.45. The summed E-state index contributed by atoms with van der Waals surface area (Å²) < 4.78 is 40.1. The molecule has 1 atom stereocenters. The molecule has 0 heterocycles. The molecule has 25 heavy (non-hydrogen) atoms. The van der Waals surface area contributed by atoms with Crippen LogP contribution in [0.5, 0.6) is 0 Å². The summed E-state index contributed by atoms with van der Waals surface area (Å²) >= 11 is 0. The third-order valence-electron chi connectivity index (χ3n) is 6.14. The highest BCUT2D eigenvalue weighted by atomic mass is 19.2. The zero-order valence-electron chi connectivity index (χ0n) is 14.6. The zero-order valence-corrected chi connectivity index (χ0v) is 14.6. The lowest BCUT2D eigenvalue weighted by atomic mass is 9.68. The predicted molar refractivity (Wildman–Crippen MR) is 89.1 cm³/mol. The first-order valence-corrected chi connectivity index (χ1v) is 9.28. The zero-order chi connectivity index (χ0) is 18.0. The van der Waals surface area contributed by atoms with Gasteiger partial charge in [-0.25, -0.2) is 18.1 Å². The van der Waals surface area contributed by atoms with Crippen LogP contribution >= 0.6 is 0 Å². The minimum absolute atomic E-state index is 0.0198. The van der Waals surface area contributed by atoms with E-state index < -0.39 is 23.6 Å². The summed E-state index contributed by atoms with van der Waals surface area (Å²) in [7, 11) is 0. The van der Waals surface area contributed by atoms with Crippen LogP contribution in [0, 0.1) is 41.1 Å². The third kappa shape index (κ3) is 4.20. The van der Waals surface area contributed by atoms with Gasteiger partial charge in [0.15, 0.2) is 17.5 Å². The first-order chi connectivity index (χ1) is 12.0. The van der Waals surface area contributed by atoms with Gasteiger partial charge in [0.1, 0.15) is 6.10 Å². The molecule has 0 aliphatic heterocycles. The molecule has 3 rings (SSSR count). The van der Waals surface area contributed by atoms with Crippen molar-refractivity contribution >= 4 is 0 Å². The van der Waals surface area contributed by atoms with E-state index in [1.165, 1.54) is 25.7 Å². The van der Waals surface area contributed by atoms with Gasteiger partial charge in [-0.05, 0) is 79.9 Å². The van der Waals surface area contributed by atoms with Crippen LogP contribution in [0.3, 0.4) is 0 Å². The SMILES string of the molecule is CC1CC[C](C2CCC(C(OO)c3cc(F)c(F)c(F)c3)CC2)CC1. The lowest BCUT2D eigenvalue weighted by Crippen LogP contribution is -2.27. The molecule has 139 valence electrons. The molecule has 5 heteroatoms. The molecule has 2 aliphatic carbocycles. The number of hydrogen-bond donors (Lipinski definition) is 1. The topological polar surface area (TPSA) is 29.5 Å². The molecular weight excluding hydrogens is 329 g/mol. The van der Waals surface area contributed by atoms with Gasteiger partial charge < -0.3 is 0 Å². The van der Waals surface area contributed by atoms with Crippen molar-refractivity contribution in [2.24, 2.45) is 17.8 Å². The lowest BCUT2D eigenvalue weighted by molar-refractivity contribution is -0.296. The Kier molecular flexibility index (Phi) is 6.05. The Balaban J connectivity index is 1.62. The van der Waals surface area contributed by atoms with Gasteiger partial charge in [0.2, 0.25) is 0 Å². The first-order valence-electron chi connectivity index (χ1n) is 9.28. The van der Waals surface area contributed by atoms with E-state index >= 15 is 0 Å². The maximum Gasteiger partial charge on any atom is 0.194 e. The van der Waals surface area contributed by atoms with Crippen LogP contribution in [0.25, 0.3) is 0 Å². The van der Waals surface area contributed by atoms with E-state index in [9.17, 15) is 18.4 Å². The quantitative estimate of drug-likeness (QED) is 0.394. The summed E-state index contributed by atoms with van der Waals surface area (Å²) in [5, 5.41) is 9.28. The van der Waals surface area contributed by atoms with Crippen molar-refractivity contribution in [3.8, 4) is 0 Å². The fraction of sp³-hybridized carbons (Fsp3) is 0.650. The molecule has 1 unspecified atom stereocenters. The summed E-state index contributed by atoms with van der Waals surface area (Å²) in [6.45, 7) is 2.30. The second kappa shape index (κ2) is 8.09. The average Bonchev–Trinajstić information content (AvgIpc) is 2.61. The summed E-state index contributed by atoms with van der Waals surface area (Å²) in [6.07, 6.45) is 7.83. The molecule has 1 aromatic carbocycles. The fourth-order valence-electron chi connectivity index (χ4n) is 4.53. The van der Waals surface area contributed by atoms with Gasteiger partial charge >= 0.3 is 0 Å². The van der Waals surface area contributed by atoms with Crippen molar-refractivity contribution in [1.29, 1.82) is 0 Å². The monoisotopic (exact) mass is 355 g/mol. The standard InChI is InChI=1S/C20H26F3O2/c1-12-2-4-13(5-3-12)14-6-8-15(9-7-14)20(25-24)16-10-17(21)19(23)18(22)11-16/h10-12,14-15,20,24H,2-9H2,1H3. The Hall–Kier alpha value is -1.07. The highest BCUT2D eigenvalue weighted by Gasteiger charge is 2.34. The molecular formula is C20H26F3O2. The molecule has 0 amide bonds. The molecule has 0 spiro atoms. The van der Waals surface area contributed by atoms with E-state index in [1.807, 2.05) is 0 Å². The fourth-order valence-corrected chi connectivity index (χ4v) is 4.53. The number of hydrogen-bond acceptors (Lipinski definition) is 2. The van der Waals surface area contributed by atoms with Crippen molar-refractivity contribution in [3.05, 3.63) is 41.1 Å². The highest BCUT2D eigenvalue weighted by molar-refractivity contribution is 5.22. The van der Waals surface area contributed by atoms with E-state index in [1.54, 1.807) is 5.92 Å². The van der Waals surface area contributed by atoms with Gasteiger partial charge in [0, 0.05) is 0 Å². The summed E-state index contributed by atoms with van der Waals surface area (Å²) in [4.78, 5) is 4.56. The summed E-state index contributed by atoms with van der Waals surface area (Å²) in [6, 6.07) is 1.84. The normalized spacial score (nSPS) is 27.4. The number of rotatable bonds is 4. The molecule has 2 saturated carbocycles. The third-order valence-corrected chi connectivity index (χ3v) is 6.14. The predicted octanol–water partition coefficient (Wildman–Crippen LogP) is 6.23. The van der Waals surface area contributed by atoms with Crippen LogP contribution in [0.1, 0.15) is 70.0 Å². The Labute approximate surface area is 147 Å². The second-order valence-electron chi connectivity index (χ2n) is 7.78. The van der Waals surface area contributed by atoms with E-state index in [4.69, 9.17) is 0 Å². The Morgan fingerprint density at radius 1 is 0.960 bits per heavy atom. The largest absolute Gasteiger partial charge is 0.251 e. The molecule has 1 radical (unpaired) electrons. The van der Waals surface area contributed by atoms with Gasteiger partial charge in [0.25, 0.3) is 0 Å². The smallest absolute Gasteiger partial charge is 0.194 e. The van der Waals surface area contributed by atoms with Gasteiger partial charge in [-0.1, -0.05) is 19.8 Å². The van der Waals surface area contributed by atoms with Gasteiger partial charge in [-0.2, -0.15) is 0 Å². The van der Waals surface area contributed by atoms with Gasteiger partial charge in [-0.3, -0.25) is 5.26 Å². The van der Waals surface area contributed by atoms with Crippen LogP contribution in [-0.4, -0.2) is 5.26 Å². The molecule has 0 saturated heterocycles. The van der Waals surface area contributed by atoms with E-state index in [2.05, 4.69) is 11.8 Å². The van der Waals surface area contributed by atoms with Crippen LogP contribution in [0.15, 0.2) is 12.1 Å². The van der Waals surface area contributed by atoms with Gasteiger partial charge in [0.05, 0.1) is 0 Å².